The van der Waals surface area contributed by atoms with Crippen molar-refractivity contribution in [1.29, 1.82) is 0 Å². The topological polar surface area (TPSA) is 49.3 Å². The third-order valence-corrected chi connectivity index (χ3v) is 2.20. The number of aliphatic carboxylic acids is 1. The molecule has 0 bridgehead atoms. The van der Waals surface area contributed by atoms with Crippen LogP contribution in [0, 0.1) is 5.82 Å². The number of hydrogen-bond donors (Lipinski definition) is 2. The van der Waals surface area contributed by atoms with Crippen LogP contribution in [0.4, 0.5) is 4.39 Å². The zero-order valence-electron chi connectivity index (χ0n) is 7.26. The van der Waals surface area contributed by atoms with E-state index in [1.54, 1.807) is 12.1 Å². The molecule has 1 aromatic carbocycles. The summed E-state index contributed by atoms with van der Waals surface area (Å²) in [5.74, 6) is -1.24. The summed E-state index contributed by atoms with van der Waals surface area (Å²) in [5.41, 5.74) is 0.833. The van der Waals surface area contributed by atoms with Crippen LogP contribution >= 0.6 is 15.9 Å². The van der Waals surface area contributed by atoms with Gasteiger partial charge in [-0.15, -0.1) is 0 Å². The Morgan fingerprint density at radius 2 is 2.29 bits per heavy atom. The van der Waals surface area contributed by atoms with Crippen LogP contribution in [0.2, 0.25) is 0 Å². The molecule has 0 fully saturated rings. The predicted molar refractivity (Wildman–Crippen MR) is 53.4 cm³/mol. The van der Waals surface area contributed by atoms with Crippen molar-refractivity contribution >= 4 is 21.9 Å². The minimum atomic E-state index is -0.911. The summed E-state index contributed by atoms with van der Waals surface area (Å²) < 4.78 is 13.2. The molecule has 1 rings (SSSR count). The first-order valence-corrected chi connectivity index (χ1v) is 4.75. The van der Waals surface area contributed by atoms with Gasteiger partial charge < -0.3 is 10.4 Å². The van der Waals surface area contributed by atoms with Crippen LogP contribution in [0.5, 0.6) is 0 Å². The van der Waals surface area contributed by atoms with Gasteiger partial charge in [0.2, 0.25) is 0 Å². The molecule has 0 aliphatic carbocycles. The van der Waals surface area contributed by atoms with E-state index in [4.69, 9.17) is 5.11 Å². The van der Waals surface area contributed by atoms with Crippen molar-refractivity contribution in [2.24, 2.45) is 0 Å². The van der Waals surface area contributed by atoms with Gasteiger partial charge in [-0.1, -0.05) is 6.07 Å². The molecule has 0 aliphatic heterocycles. The molecule has 0 spiro atoms. The van der Waals surface area contributed by atoms with Crippen LogP contribution in [0.3, 0.4) is 0 Å². The molecular formula is C9H9BrFNO2. The monoisotopic (exact) mass is 261 g/mol. The van der Waals surface area contributed by atoms with Gasteiger partial charge in [0, 0.05) is 6.54 Å². The van der Waals surface area contributed by atoms with Gasteiger partial charge in [-0.25, -0.2) is 4.39 Å². The minimum Gasteiger partial charge on any atom is -0.480 e. The van der Waals surface area contributed by atoms with Crippen molar-refractivity contribution in [3.63, 3.8) is 0 Å². The molecule has 0 heterocycles. The molecule has 0 saturated carbocycles. The molecule has 0 aliphatic rings. The normalized spacial score (nSPS) is 10.1. The number of carboxylic acid groups (broad SMARTS) is 1. The summed E-state index contributed by atoms with van der Waals surface area (Å²) in [6.07, 6.45) is 0. The molecule has 0 unspecified atom stereocenters. The fourth-order valence-electron chi connectivity index (χ4n) is 0.963. The molecule has 2 N–H and O–H groups in total. The quantitative estimate of drug-likeness (QED) is 0.869. The number of hydrogen-bond acceptors (Lipinski definition) is 2. The Kier molecular flexibility index (Phi) is 4.03. The lowest BCUT2D eigenvalue weighted by Gasteiger charge is -2.03. The standard InChI is InChI=1S/C9H9BrFNO2/c10-7-3-6(1-2-8(7)11)4-12-5-9(13)14/h1-3,12H,4-5H2,(H,13,14). The third-order valence-electron chi connectivity index (χ3n) is 1.59. The van der Waals surface area contributed by atoms with Crippen molar-refractivity contribution in [3.8, 4) is 0 Å². The van der Waals surface area contributed by atoms with E-state index in [-0.39, 0.29) is 12.4 Å². The Balaban J connectivity index is 2.51. The second kappa shape index (κ2) is 5.07. The molecular weight excluding hydrogens is 253 g/mol. The fourth-order valence-corrected chi connectivity index (χ4v) is 1.39. The lowest BCUT2D eigenvalue weighted by atomic mass is 10.2. The lowest BCUT2D eigenvalue weighted by Crippen LogP contribution is -2.21. The predicted octanol–water partition coefficient (Wildman–Crippen LogP) is 1.76. The van der Waals surface area contributed by atoms with Crippen molar-refractivity contribution in [1.82, 2.24) is 5.32 Å². The fraction of sp³-hybridized carbons (Fsp3) is 0.222. The van der Waals surface area contributed by atoms with Crippen LogP contribution in [-0.4, -0.2) is 17.6 Å². The first-order chi connectivity index (χ1) is 6.59. The summed E-state index contributed by atoms with van der Waals surface area (Å²) in [4.78, 5) is 10.2. The maximum Gasteiger partial charge on any atom is 0.317 e. The average molecular weight is 262 g/mol. The highest BCUT2D eigenvalue weighted by Gasteiger charge is 2.01. The zero-order chi connectivity index (χ0) is 10.6. The Labute approximate surface area is 89.1 Å². The molecule has 0 saturated heterocycles. The van der Waals surface area contributed by atoms with Gasteiger partial charge in [-0.05, 0) is 33.6 Å². The van der Waals surface area contributed by atoms with Crippen LogP contribution in [0.1, 0.15) is 5.56 Å². The summed E-state index contributed by atoms with van der Waals surface area (Å²) in [7, 11) is 0. The van der Waals surface area contributed by atoms with Gasteiger partial charge in [-0.2, -0.15) is 0 Å². The number of rotatable bonds is 4. The van der Waals surface area contributed by atoms with Crippen LogP contribution in [0.15, 0.2) is 22.7 Å². The lowest BCUT2D eigenvalue weighted by molar-refractivity contribution is -0.135. The van der Waals surface area contributed by atoms with E-state index in [0.717, 1.165) is 5.56 Å². The molecule has 0 amide bonds. The van der Waals surface area contributed by atoms with E-state index in [0.29, 0.717) is 11.0 Å². The number of halogens is 2. The summed E-state index contributed by atoms with van der Waals surface area (Å²) in [5, 5.41) is 11.1. The maximum atomic E-state index is 12.8. The van der Waals surface area contributed by atoms with E-state index in [1.165, 1.54) is 6.07 Å². The molecule has 0 radical (unpaired) electrons. The Morgan fingerprint density at radius 1 is 1.57 bits per heavy atom. The number of benzene rings is 1. The van der Waals surface area contributed by atoms with Gasteiger partial charge in [0.15, 0.2) is 0 Å². The minimum absolute atomic E-state index is 0.102. The van der Waals surface area contributed by atoms with Gasteiger partial charge in [-0.3, -0.25) is 4.79 Å². The first kappa shape index (κ1) is 11.1. The summed E-state index contributed by atoms with van der Waals surface area (Å²) in [6.45, 7) is 0.306. The maximum absolute atomic E-state index is 12.8. The highest BCUT2D eigenvalue weighted by Crippen LogP contribution is 2.16. The van der Waals surface area contributed by atoms with Crippen molar-refractivity contribution in [2.75, 3.05) is 6.54 Å². The number of carboxylic acids is 1. The SMILES string of the molecule is O=C(O)CNCc1ccc(F)c(Br)c1. The Bertz CT molecular complexity index is 344. The molecule has 0 aromatic heterocycles. The molecule has 76 valence electrons. The molecule has 0 atom stereocenters. The molecule has 14 heavy (non-hydrogen) atoms. The highest BCUT2D eigenvalue weighted by atomic mass is 79.9. The first-order valence-electron chi connectivity index (χ1n) is 3.96. The number of carbonyl (C=O) groups is 1. The smallest absolute Gasteiger partial charge is 0.317 e. The molecule has 1 aromatic rings. The molecule has 5 heteroatoms. The van der Waals surface area contributed by atoms with Crippen LogP contribution < -0.4 is 5.32 Å². The van der Waals surface area contributed by atoms with Gasteiger partial charge in [0.25, 0.3) is 0 Å². The van der Waals surface area contributed by atoms with Crippen LogP contribution in [0.25, 0.3) is 0 Å². The second-order valence-electron chi connectivity index (χ2n) is 2.75. The van der Waals surface area contributed by atoms with Gasteiger partial charge in [0.1, 0.15) is 5.82 Å². The average Bonchev–Trinajstić information content (AvgIpc) is 2.10. The second-order valence-corrected chi connectivity index (χ2v) is 3.60. The van der Waals surface area contributed by atoms with E-state index < -0.39 is 5.97 Å². The highest BCUT2D eigenvalue weighted by molar-refractivity contribution is 9.10. The largest absolute Gasteiger partial charge is 0.480 e. The number of nitrogens with one attached hydrogen (secondary N) is 1. The van der Waals surface area contributed by atoms with Gasteiger partial charge in [0.05, 0.1) is 11.0 Å². The summed E-state index contributed by atoms with van der Waals surface area (Å²) in [6, 6.07) is 4.56. The van der Waals surface area contributed by atoms with E-state index in [1.807, 2.05) is 0 Å². The summed E-state index contributed by atoms with van der Waals surface area (Å²) >= 11 is 3.05. The van der Waals surface area contributed by atoms with Crippen LogP contribution in [-0.2, 0) is 11.3 Å². The Hall–Kier alpha value is -0.940. The zero-order valence-corrected chi connectivity index (χ0v) is 8.84. The Morgan fingerprint density at radius 3 is 2.86 bits per heavy atom. The third kappa shape index (κ3) is 3.43. The van der Waals surface area contributed by atoms with Gasteiger partial charge >= 0.3 is 5.97 Å². The van der Waals surface area contributed by atoms with Crippen molar-refractivity contribution in [3.05, 3.63) is 34.1 Å². The van der Waals surface area contributed by atoms with E-state index >= 15 is 0 Å². The van der Waals surface area contributed by atoms with Crippen molar-refractivity contribution < 1.29 is 14.3 Å². The van der Waals surface area contributed by atoms with E-state index in [9.17, 15) is 9.18 Å². The molecule has 3 nitrogen and oxygen atoms in total. The van der Waals surface area contributed by atoms with Crippen molar-refractivity contribution in [2.45, 2.75) is 6.54 Å². The van der Waals surface area contributed by atoms with E-state index in [2.05, 4.69) is 21.2 Å².